The smallest absolute Gasteiger partial charge is 0.245 e. The molecule has 2 atom stereocenters. The van der Waals surface area contributed by atoms with E-state index >= 15 is 0 Å². The molecule has 2 fully saturated rings. The average molecular weight is 279 g/mol. The predicted molar refractivity (Wildman–Crippen MR) is 72.7 cm³/mol. The lowest BCUT2D eigenvalue weighted by atomic mass is 10.0. The first kappa shape index (κ1) is 12.6. The van der Waals surface area contributed by atoms with Gasteiger partial charge in [0.1, 0.15) is 12.1 Å². The molecule has 6 heteroatoms. The van der Waals surface area contributed by atoms with Gasteiger partial charge in [-0.05, 0) is 29.3 Å². The Kier molecular flexibility index (Phi) is 3.28. The van der Waals surface area contributed by atoms with Crippen LogP contribution >= 0.6 is 11.3 Å². The summed E-state index contributed by atoms with van der Waals surface area (Å²) in [6, 6.07) is 1.40. The summed E-state index contributed by atoms with van der Waals surface area (Å²) in [6.45, 7) is 4.70. The number of amides is 2. The lowest BCUT2D eigenvalue weighted by Crippen LogP contribution is -2.68. The Bertz CT molecular complexity index is 488. The van der Waals surface area contributed by atoms with Gasteiger partial charge in [-0.25, -0.2) is 0 Å². The third-order valence-corrected chi connectivity index (χ3v) is 4.50. The molecule has 102 valence electrons. The van der Waals surface area contributed by atoms with E-state index in [-0.39, 0.29) is 23.9 Å². The minimum absolute atomic E-state index is 0.0258. The highest BCUT2D eigenvalue weighted by molar-refractivity contribution is 7.07. The number of rotatable bonds is 2. The van der Waals surface area contributed by atoms with Crippen LogP contribution in [0, 0.1) is 0 Å². The number of hydrogen-bond donors (Lipinski definition) is 1. The predicted octanol–water partition coefficient (Wildman–Crippen LogP) is 0.279. The molecule has 2 amide bonds. The lowest BCUT2D eigenvalue weighted by Gasteiger charge is -2.44. The number of hydrogen-bond acceptors (Lipinski definition) is 4. The first-order chi connectivity index (χ1) is 9.15. The Morgan fingerprint density at radius 1 is 1.42 bits per heavy atom. The molecule has 3 heterocycles. The molecular weight excluding hydrogens is 262 g/mol. The quantitative estimate of drug-likeness (QED) is 0.846. The van der Waals surface area contributed by atoms with Gasteiger partial charge in [-0.1, -0.05) is 0 Å². The highest BCUT2D eigenvalue weighted by atomic mass is 32.1. The molecule has 2 saturated heterocycles. The normalized spacial score (nSPS) is 28.2. The van der Waals surface area contributed by atoms with E-state index in [0.717, 1.165) is 13.1 Å². The Labute approximate surface area is 116 Å². The fourth-order valence-electron chi connectivity index (χ4n) is 2.73. The van der Waals surface area contributed by atoms with Crippen LogP contribution in [0.25, 0.3) is 0 Å². The first-order valence-electron chi connectivity index (χ1n) is 6.49. The molecule has 5 nitrogen and oxygen atoms in total. The van der Waals surface area contributed by atoms with E-state index in [1.165, 1.54) is 5.56 Å². The molecule has 1 N–H and O–H groups in total. The summed E-state index contributed by atoms with van der Waals surface area (Å²) in [5.41, 5.74) is 1.27. The molecule has 2 aliphatic heterocycles. The van der Waals surface area contributed by atoms with Crippen LogP contribution in [0.15, 0.2) is 16.8 Å². The minimum Gasteiger partial charge on any atom is -0.343 e. The van der Waals surface area contributed by atoms with Crippen LogP contribution in [0.2, 0.25) is 0 Å². The minimum atomic E-state index is -0.382. The Morgan fingerprint density at radius 3 is 3.00 bits per heavy atom. The molecule has 2 aliphatic rings. The van der Waals surface area contributed by atoms with Crippen molar-refractivity contribution in [3.63, 3.8) is 0 Å². The summed E-state index contributed by atoms with van der Waals surface area (Å²) < 4.78 is 0. The molecule has 0 spiro atoms. The number of carbonyl (C=O) groups is 2. The van der Waals surface area contributed by atoms with Crippen molar-refractivity contribution < 1.29 is 9.59 Å². The zero-order valence-electron chi connectivity index (χ0n) is 10.8. The van der Waals surface area contributed by atoms with Gasteiger partial charge in [0.25, 0.3) is 0 Å². The van der Waals surface area contributed by atoms with Gasteiger partial charge >= 0.3 is 0 Å². The molecular formula is C13H17N3O2S. The van der Waals surface area contributed by atoms with Gasteiger partial charge in [0.15, 0.2) is 0 Å². The van der Waals surface area contributed by atoms with Crippen molar-refractivity contribution >= 4 is 23.2 Å². The maximum absolute atomic E-state index is 12.0. The lowest BCUT2D eigenvalue weighted by molar-refractivity contribution is -0.152. The Morgan fingerprint density at radius 2 is 2.26 bits per heavy atom. The SMILES string of the molecule is C[C@H]1NC(=O)[C@H]2CN(Cc3ccsc3)CCN2C1=O. The second kappa shape index (κ2) is 4.94. The molecule has 0 aromatic carbocycles. The van der Waals surface area contributed by atoms with Crippen molar-refractivity contribution in [2.24, 2.45) is 0 Å². The van der Waals surface area contributed by atoms with Crippen LogP contribution in [-0.4, -0.2) is 53.3 Å². The number of carbonyl (C=O) groups excluding carboxylic acids is 2. The first-order valence-corrected chi connectivity index (χ1v) is 7.44. The summed E-state index contributed by atoms with van der Waals surface area (Å²) in [5.74, 6) is 0.0156. The highest BCUT2D eigenvalue weighted by Crippen LogP contribution is 2.18. The maximum Gasteiger partial charge on any atom is 0.245 e. The fourth-order valence-corrected chi connectivity index (χ4v) is 3.39. The molecule has 0 bridgehead atoms. The summed E-state index contributed by atoms with van der Waals surface area (Å²) in [6.07, 6.45) is 0. The van der Waals surface area contributed by atoms with E-state index < -0.39 is 0 Å². The average Bonchev–Trinajstić information content (AvgIpc) is 2.89. The standard InChI is InChI=1S/C13H17N3O2S/c1-9-13(18)16-4-3-15(6-10-2-5-19-8-10)7-11(16)12(17)14-9/h2,5,8-9,11H,3-4,6-7H2,1H3,(H,14,17)/t9-,11-/m1/s1. The second-order valence-corrected chi connectivity index (χ2v) is 5.92. The molecule has 0 radical (unpaired) electrons. The topological polar surface area (TPSA) is 52.7 Å². The summed E-state index contributed by atoms with van der Waals surface area (Å²) in [5, 5.41) is 6.94. The number of nitrogens with zero attached hydrogens (tertiary/aromatic N) is 2. The zero-order chi connectivity index (χ0) is 13.4. The summed E-state index contributed by atoms with van der Waals surface area (Å²) in [7, 11) is 0. The second-order valence-electron chi connectivity index (χ2n) is 5.14. The van der Waals surface area contributed by atoms with Gasteiger partial charge in [-0.3, -0.25) is 14.5 Å². The van der Waals surface area contributed by atoms with Crippen molar-refractivity contribution in [1.29, 1.82) is 0 Å². The fraction of sp³-hybridized carbons (Fsp3) is 0.538. The van der Waals surface area contributed by atoms with Crippen LogP contribution in [0.4, 0.5) is 0 Å². The van der Waals surface area contributed by atoms with Crippen LogP contribution < -0.4 is 5.32 Å². The number of piperazine rings is 2. The maximum atomic E-state index is 12.0. The van der Waals surface area contributed by atoms with E-state index in [2.05, 4.69) is 27.0 Å². The van der Waals surface area contributed by atoms with Gasteiger partial charge in [-0.15, -0.1) is 0 Å². The molecule has 1 aromatic rings. The third-order valence-electron chi connectivity index (χ3n) is 3.77. The van der Waals surface area contributed by atoms with Gasteiger partial charge < -0.3 is 10.2 Å². The van der Waals surface area contributed by atoms with Crippen molar-refractivity contribution in [3.8, 4) is 0 Å². The van der Waals surface area contributed by atoms with Gasteiger partial charge in [-0.2, -0.15) is 11.3 Å². The van der Waals surface area contributed by atoms with Crippen molar-refractivity contribution in [3.05, 3.63) is 22.4 Å². The van der Waals surface area contributed by atoms with Crippen LogP contribution in [0.1, 0.15) is 12.5 Å². The molecule has 0 saturated carbocycles. The molecule has 0 unspecified atom stereocenters. The van der Waals surface area contributed by atoms with Gasteiger partial charge in [0.2, 0.25) is 11.8 Å². The van der Waals surface area contributed by atoms with E-state index in [0.29, 0.717) is 13.1 Å². The monoisotopic (exact) mass is 279 g/mol. The Balaban J connectivity index is 1.69. The van der Waals surface area contributed by atoms with Crippen molar-refractivity contribution in [2.75, 3.05) is 19.6 Å². The number of nitrogens with one attached hydrogen (secondary N) is 1. The van der Waals surface area contributed by atoms with E-state index in [4.69, 9.17) is 0 Å². The summed E-state index contributed by atoms with van der Waals surface area (Å²) in [4.78, 5) is 28.0. The van der Waals surface area contributed by atoms with E-state index in [9.17, 15) is 9.59 Å². The van der Waals surface area contributed by atoms with Crippen LogP contribution in [0.3, 0.4) is 0 Å². The van der Waals surface area contributed by atoms with Crippen LogP contribution in [-0.2, 0) is 16.1 Å². The Hall–Kier alpha value is -1.40. The number of thiophene rings is 1. The van der Waals surface area contributed by atoms with Crippen molar-refractivity contribution in [2.45, 2.75) is 25.6 Å². The zero-order valence-corrected chi connectivity index (χ0v) is 11.7. The molecule has 0 aliphatic carbocycles. The molecule has 1 aromatic heterocycles. The molecule has 3 rings (SSSR count). The van der Waals surface area contributed by atoms with E-state index in [1.54, 1.807) is 23.2 Å². The largest absolute Gasteiger partial charge is 0.343 e. The third kappa shape index (κ3) is 2.37. The van der Waals surface area contributed by atoms with Crippen LogP contribution in [0.5, 0.6) is 0 Å². The van der Waals surface area contributed by atoms with Gasteiger partial charge in [0.05, 0.1) is 0 Å². The van der Waals surface area contributed by atoms with Gasteiger partial charge in [0, 0.05) is 26.2 Å². The van der Waals surface area contributed by atoms with E-state index in [1.807, 2.05) is 0 Å². The highest BCUT2D eigenvalue weighted by Gasteiger charge is 2.41. The molecule has 19 heavy (non-hydrogen) atoms. The number of fused-ring (bicyclic) bond motifs is 1. The summed E-state index contributed by atoms with van der Waals surface area (Å²) >= 11 is 1.68. The van der Waals surface area contributed by atoms with Crippen molar-refractivity contribution in [1.82, 2.24) is 15.1 Å².